The van der Waals surface area contributed by atoms with Crippen molar-refractivity contribution in [2.45, 2.75) is 18.1 Å². The van der Waals surface area contributed by atoms with Gasteiger partial charge in [-0.05, 0) is 10.9 Å². The van der Waals surface area contributed by atoms with E-state index in [1.165, 1.54) is 0 Å². The maximum absolute atomic E-state index is 11.6. The normalized spacial score (nSPS) is 18.9. The molecule has 8 nitrogen and oxygen atoms in total. The smallest absolute Gasteiger partial charge is 0.375 e. The second-order valence-corrected chi connectivity index (χ2v) is 4.56. The minimum Gasteiger partial charge on any atom is -0.481 e. The molecule has 0 aliphatic heterocycles. The first kappa shape index (κ1) is 14.0. The molecule has 0 saturated carbocycles. The highest BCUT2D eigenvalue weighted by atomic mass is 31.2. The Balaban J connectivity index is 4.78. The Bertz CT molecular complexity index is 308. The van der Waals surface area contributed by atoms with Crippen LogP contribution in [0.1, 0.15) is 6.42 Å². The molecule has 0 amide bonds. The fourth-order valence-corrected chi connectivity index (χ4v) is 1.63. The molecule has 0 aliphatic carbocycles. The van der Waals surface area contributed by atoms with Gasteiger partial charge in [-0.15, -0.1) is 4.73 Å². The predicted octanol–water partition coefficient (Wildman–Crippen LogP) is -0.672. The van der Waals surface area contributed by atoms with Gasteiger partial charge >= 0.3 is 19.5 Å². The summed E-state index contributed by atoms with van der Waals surface area (Å²) in [6, 6.07) is -1.69. The second kappa shape index (κ2) is 5.17. The Hall–Kier alpha value is -1.02. The van der Waals surface area contributed by atoms with Gasteiger partial charge in [0, 0.05) is 0 Å². The highest BCUT2D eigenvalue weighted by molar-refractivity contribution is 7.54. The first-order chi connectivity index (χ1) is 6.72. The van der Waals surface area contributed by atoms with Gasteiger partial charge in [0.1, 0.15) is 6.04 Å². The Morgan fingerprint density at radius 1 is 1.40 bits per heavy atom. The molecule has 0 aromatic heterocycles. The van der Waals surface area contributed by atoms with Gasteiger partial charge in [0.2, 0.25) is 0 Å². The molecular weight excluding hydrogens is 236 g/mol. The van der Waals surface area contributed by atoms with Crippen LogP contribution in [0.15, 0.2) is 0 Å². The number of aliphatic carboxylic acids is 2. The van der Waals surface area contributed by atoms with Crippen molar-refractivity contribution >= 4 is 19.5 Å². The van der Waals surface area contributed by atoms with Crippen molar-refractivity contribution in [1.82, 2.24) is 0 Å². The third kappa shape index (κ3) is 3.92. The maximum atomic E-state index is 11.6. The summed E-state index contributed by atoms with van der Waals surface area (Å²) in [5.41, 5.74) is 2.72. The molecule has 0 aromatic carbocycles. The Kier molecular flexibility index (Phi) is 4.82. The highest BCUT2D eigenvalue weighted by Crippen LogP contribution is 2.49. The lowest BCUT2D eigenvalue weighted by Crippen LogP contribution is -2.36. The van der Waals surface area contributed by atoms with E-state index in [-0.39, 0.29) is 0 Å². The number of nitrogens with two attached hydrogens (primary N) is 1. The topological polar surface area (TPSA) is 147 Å². The highest BCUT2D eigenvalue weighted by Gasteiger charge is 2.42. The third-order valence-corrected chi connectivity index (χ3v) is 2.99. The molecule has 88 valence electrons. The van der Waals surface area contributed by atoms with E-state index in [1.54, 1.807) is 0 Å². The van der Waals surface area contributed by atoms with E-state index < -0.39 is 37.7 Å². The molecule has 0 bridgehead atoms. The van der Waals surface area contributed by atoms with Crippen molar-refractivity contribution in [3.63, 3.8) is 0 Å². The summed E-state index contributed by atoms with van der Waals surface area (Å²) in [6.45, 7) is 0. The summed E-state index contributed by atoms with van der Waals surface area (Å²) >= 11 is 0. The average Bonchev–Trinajstić information content (AvgIpc) is 2.12. The van der Waals surface area contributed by atoms with Crippen LogP contribution in [-0.4, -0.2) is 38.7 Å². The summed E-state index contributed by atoms with van der Waals surface area (Å²) in [4.78, 5) is 29.4. The van der Waals surface area contributed by atoms with Gasteiger partial charge in [-0.2, -0.15) is 0 Å². The number of hydrogen-bond acceptors (Lipinski definition) is 5. The summed E-state index contributed by atoms with van der Waals surface area (Å²) < 4.78 is 25.0. The number of hydrogen-bond donors (Lipinski definition) is 4. The van der Waals surface area contributed by atoms with Crippen LogP contribution in [0.25, 0.3) is 0 Å². The summed E-state index contributed by atoms with van der Waals surface area (Å²) in [6.07, 6.45) is -0.914. The fourth-order valence-electron chi connectivity index (χ4n) is 0.763. The Morgan fingerprint density at radius 2 is 1.87 bits per heavy atom. The molecule has 0 aliphatic rings. The van der Waals surface area contributed by atoms with Crippen molar-refractivity contribution < 1.29 is 38.5 Å². The van der Waals surface area contributed by atoms with Gasteiger partial charge in [-0.1, -0.05) is 0 Å². The maximum Gasteiger partial charge on any atom is 0.375 e. The summed E-state index contributed by atoms with van der Waals surface area (Å²) in [5, 5.41) is 16.8. The van der Waals surface area contributed by atoms with Crippen LogP contribution < -0.4 is 5.73 Å². The van der Waals surface area contributed by atoms with E-state index in [9.17, 15) is 18.7 Å². The number of carboxylic acids is 2. The van der Waals surface area contributed by atoms with Crippen LogP contribution in [0, 0.1) is 0 Å². The quantitative estimate of drug-likeness (QED) is 0.450. The molecule has 0 aromatic rings. The standard InChI is InChI=1S/C5H9FNO7P/c6-14-15(12,13)3(5(10)11)1-2(7)4(8)9/h2-3H,1,7H2,(H,8,9)(H,10,11)(H,12,13)/t2-,3?/m0/s1. The summed E-state index contributed by atoms with van der Waals surface area (Å²) in [5.74, 6) is -3.43. The fraction of sp³-hybridized carbons (Fsp3) is 0.600. The molecule has 0 heterocycles. The monoisotopic (exact) mass is 245 g/mol. The molecule has 0 rings (SSSR count). The van der Waals surface area contributed by atoms with Gasteiger partial charge in [0.25, 0.3) is 0 Å². The number of halogens is 1. The van der Waals surface area contributed by atoms with E-state index >= 15 is 0 Å². The molecule has 3 atom stereocenters. The van der Waals surface area contributed by atoms with Gasteiger partial charge in [0.15, 0.2) is 5.66 Å². The van der Waals surface area contributed by atoms with Gasteiger partial charge in [-0.3, -0.25) is 14.2 Å². The summed E-state index contributed by atoms with van der Waals surface area (Å²) in [7, 11) is -5.04. The lowest BCUT2D eigenvalue weighted by atomic mass is 10.2. The van der Waals surface area contributed by atoms with Gasteiger partial charge in [-0.25, -0.2) is 0 Å². The van der Waals surface area contributed by atoms with Gasteiger partial charge in [0.05, 0.1) is 0 Å². The third-order valence-electron chi connectivity index (χ3n) is 1.57. The van der Waals surface area contributed by atoms with E-state index in [0.717, 1.165) is 0 Å². The molecule has 10 heteroatoms. The molecule has 15 heavy (non-hydrogen) atoms. The van der Waals surface area contributed by atoms with Crippen molar-refractivity contribution in [2.75, 3.05) is 0 Å². The second-order valence-electron chi connectivity index (χ2n) is 2.67. The van der Waals surface area contributed by atoms with E-state index in [4.69, 9.17) is 20.8 Å². The van der Waals surface area contributed by atoms with E-state index in [2.05, 4.69) is 4.73 Å². The first-order valence-electron chi connectivity index (χ1n) is 3.56. The molecule has 0 spiro atoms. The minimum absolute atomic E-state index is 0.914. The largest absolute Gasteiger partial charge is 0.481 e. The number of carboxylic acid groups (broad SMARTS) is 2. The zero-order chi connectivity index (χ0) is 12.2. The van der Waals surface area contributed by atoms with Crippen molar-refractivity contribution in [3.05, 3.63) is 0 Å². The lowest BCUT2D eigenvalue weighted by molar-refractivity contribution is -0.140. The zero-order valence-corrected chi connectivity index (χ0v) is 8.13. The lowest BCUT2D eigenvalue weighted by Gasteiger charge is -2.16. The predicted molar refractivity (Wildman–Crippen MR) is 43.7 cm³/mol. The van der Waals surface area contributed by atoms with E-state index in [0.29, 0.717) is 0 Å². The Labute approximate surface area is 82.9 Å². The average molecular weight is 245 g/mol. The molecule has 0 saturated heterocycles. The van der Waals surface area contributed by atoms with Crippen LogP contribution in [0.5, 0.6) is 0 Å². The molecule has 5 N–H and O–H groups in total. The van der Waals surface area contributed by atoms with E-state index in [1.807, 2.05) is 0 Å². The van der Waals surface area contributed by atoms with Crippen LogP contribution in [-0.2, 0) is 18.9 Å². The van der Waals surface area contributed by atoms with Crippen LogP contribution in [0.2, 0.25) is 0 Å². The van der Waals surface area contributed by atoms with Crippen LogP contribution >= 0.6 is 7.60 Å². The first-order valence-corrected chi connectivity index (χ1v) is 5.21. The van der Waals surface area contributed by atoms with Crippen LogP contribution in [0.3, 0.4) is 0 Å². The minimum atomic E-state index is -5.04. The molecular formula is C5H9FNO7P. The molecule has 0 radical (unpaired) electrons. The Morgan fingerprint density at radius 3 is 2.13 bits per heavy atom. The van der Waals surface area contributed by atoms with Crippen molar-refractivity contribution in [3.8, 4) is 0 Å². The zero-order valence-electron chi connectivity index (χ0n) is 7.24. The SMILES string of the molecule is N[C@@H](CC(C(=O)O)P(=O)(O)OF)C(=O)O. The molecule has 0 fully saturated rings. The molecule has 2 unspecified atom stereocenters. The number of carbonyl (C=O) groups is 2. The van der Waals surface area contributed by atoms with Crippen LogP contribution in [0.4, 0.5) is 4.53 Å². The van der Waals surface area contributed by atoms with Crippen molar-refractivity contribution in [1.29, 1.82) is 0 Å². The van der Waals surface area contributed by atoms with Crippen molar-refractivity contribution in [2.24, 2.45) is 5.73 Å². The number of rotatable bonds is 6. The van der Waals surface area contributed by atoms with Gasteiger partial charge < -0.3 is 20.8 Å².